The number of hydrogen-bond acceptors (Lipinski definition) is 4. The van der Waals surface area contributed by atoms with E-state index in [-0.39, 0.29) is 18.3 Å². The van der Waals surface area contributed by atoms with Gasteiger partial charge in [-0.05, 0) is 18.1 Å². The zero-order valence-corrected chi connectivity index (χ0v) is 11.8. The first kappa shape index (κ1) is 14.8. The zero-order chi connectivity index (χ0) is 15.2. The third-order valence-electron chi connectivity index (χ3n) is 2.89. The van der Waals surface area contributed by atoms with E-state index in [9.17, 15) is 9.59 Å². The lowest BCUT2D eigenvalue weighted by Gasteiger charge is -2.03. The van der Waals surface area contributed by atoms with E-state index in [1.807, 2.05) is 24.3 Å². The number of amides is 1. The lowest BCUT2D eigenvalue weighted by atomic mass is 10.1. The van der Waals surface area contributed by atoms with Crippen LogP contribution in [0.1, 0.15) is 28.4 Å². The number of hydrogen-bond donors (Lipinski definition) is 1. The van der Waals surface area contributed by atoms with Crippen LogP contribution in [0.15, 0.2) is 36.7 Å². The Morgan fingerprint density at radius 1 is 1.24 bits per heavy atom. The summed E-state index contributed by atoms with van der Waals surface area (Å²) in [5, 5.41) is 4.13. The molecule has 0 aliphatic carbocycles. The number of benzene rings is 1. The van der Waals surface area contributed by atoms with Crippen molar-refractivity contribution in [3.8, 4) is 0 Å². The highest BCUT2D eigenvalue weighted by Gasteiger charge is 2.09. The molecule has 0 aliphatic rings. The Labute approximate surface area is 122 Å². The van der Waals surface area contributed by atoms with Gasteiger partial charge in [0.05, 0.1) is 31.3 Å². The Kier molecular flexibility index (Phi) is 4.71. The Balaban J connectivity index is 2.01. The van der Waals surface area contributed by atoms with E-state index >= 15 is 0 Å². The number of nitrogens with two attached hydrogens (primary N) is 1. The summed E-state index contributed by atoms with van der Waals surface area (Å²) in [6.07, 6.45) is 3.36. The van der Waals surface area contributed by atoms with Gasteiger partial charge in [0.15, 0.2) is 0 Å². The number of rotatable bonds is 6. The second kappa shape index (κ2) is 6.69. The van der Waals surface area contributed by atoms with Crippen LogP contribution in [-0.4, -0.2) is 28.3 Å². The lowest BCUT2D eigenvalue weighted by Crippen LogP contribution is -2.13. The van der Waals surface area contributed by atoms with Crippen molar-refractivity contribution in [1.82, 2.24) is 9.78 Å². The molecule has 2 rings (SSSR count). The molecular formula is C15H17N3O3. The van der Waals surface area contributed by atoms with E-state index < -0.39 is 0 Å². The third kappa shape index (κ3) is 4.17. The minimum Gasteiger partial charge on any atom is -0.462 e. The molecule has 0 bridgehead atoms. The van der Waals surface area contributed by atoms with E-state index in [1.165, 1.54) is 6.20 Å². The van der Waals surface area contributed by atoms with Crippen LogP contribution in [-0.2, 0) is 22.5 Å². The molecule has 0 fully saturated rings. The highest BCUT2D eigenvalue weighted by Crippen LogP contribution is 2.08. The van der Waals surface area contributed by atoms with Crippen molar-refractivity contribution in [2.75, 3.05) is 6.61 Å². The molecule has 1 amide bonds. The summed E-state index contributed by atoms with van der Waals surface area (Å²) in [6, 6.07) is 7.53. The van der Waals surface area contributed by atoms with Gasteiger partial charge in [-0.25, -0.2) is 4.79 Å². The molecule has 0 radical (unpaired) electrons. The predicted octanol–water partition coefficient (Wildman–Crippen LogP) is 1.14. The average molecular weight is 287 g/mol. The number of primary amides is 1. The fourth-order valence-corrected chi connectivity index (χ4v) is 1.92. The third-order valence-corrected chi connectivity index (χ3v) is 2.89. The summed E-state index contributed by atoms with van der Waals surface area (Å²) in [6.45, 7) is 2.64. The molecule has 0 aliphatic heterocycles. The summed E-state index contributed by atoms with van der Waals surface area (Å²) in [4.78, 5) is 22.4. The van der Waals surface area contributed by atoms with Gasteiger partial charge in [-0.2, -0.15) is 5.10 Å². The first-order chi connectivity index (χ1) is 10.1. The topological polar surface area (TPSA) is 87.2 Å². The molecule has 2 N–H and O–H groups in total. The van der Waals surface area contributed by atoms with Crippen LogP contribution in [0.4, 0.5) is 0 Å². The number of carbonyl (C=O) groups excluding carboxylic acids is 2. The lowest BCUT2D eigenvalue weighted by molar-refractivity contribution is -0.117. The Bertz CT molecular complexity index is 632. The molecule has 1 heterocycles. The van der Waals surface area contributed by atoms with Crippen LogP contribution >= 0.6 is 0 Å². The van der Waals surface area contributed by atoms with Gasteiger partial charge in [-0.15, -0.1) is 0 Å². The van der Waals surface area contributed by atoms with Crippen LogP contribution < -0.4 is 5.73 Å². The first-order valence-corrected chi connectivity index (χ1v) is 6.64. The van der Waals surface area contributed by atoms with Gasteiger partial charge in [0.1, 0.15) is 0 Å². The fraction of sp³-hybridized carbons (Fsp3) is 0.267. The Hall–Kier alpha value is -2.63. The number of esters is 1. The van der Waals surface area contributed by atoms with Crippen molar-refractivity contribution >= 4 is 11.9 Å². The zero-order valence-electron chi connectivity index (χ0n) is 11.8. The van der Waals surface area contributed by atoms with E-state index in [4.69, 9.17) is 10.5 Å². The molecule has 21 heavy (non-hydrogen) atoms. The van der Waals surface area contributed by atoms with E-state index in [1.54, 1.807) is 17.8 Å². The van der Waals surface area contributed by atoms with Gasteiger partial charge < -0.3 is 10.5 Å². The molecule has 6 nitrogen and oxygen atoms in total. The maximum atomic E-state index is 11.5. The van der Waals surface area contributed by atoms with Crippen molar-refractivity contribution in [3.63, 3.8) is 0 Å². The van der Waals surface area contributed by atoms with Crippen molar-refractivity contribution in [2.45, 2.75) is 19.9 Å². The van der Waals surface area contributed by atoms with Crippen LogP contribution in [0.25, 0.3) is 0 Å². The van der Waals surface area contributed by atoms with Gasteiger partial charge >= 0.3 is 5.97 Å². The summed E-state index contributed by atoms with van der Waals surface area (Å²) in [5.74, 6) is -0.727. The van der Waals surface area contributed by atoms with Crippen LogP contribution in [0.3, 0.4) is 0 Å². The monoisotopic (exact) mass is 287 g/mol. The SMILES string of the molecule is CCOC(=O)c1cnn(Cc2ccc(CC(N)=O)cc2)c1. The molecule has 1 aromatic carbocycles. The second-order valence-electron chi connectivity index (χ2n) is 4.61. The minimum atomic E-state index is -0.374. The van der Waals surface area contributed by atoms with Gasteiger partial charge in [0.2, 0.25) is 5.91 Å². The average Bonchev–Trinajstić information content (AvgIpc) is 2.89. The predicted molar refractivity (Wildman–Crippen MR) is 76.6 cm³/mol. The van der Waals surface area contributed by atoms with Gasteiger partial charge in [-0.3, -0.25) is 9.48 Å². The number of aromatic nitrogens is 2. The normalized spacial score (nSPS) is 10.3. The quantitative estimate of drug-likeness (QED) is 0.807. The Morgan fingerprint density at radius 2 is 1.90 bits per heavy atom. The molecule has 2 aromatic rings. The smallest absolute Gasteiger partial charge is 0.341 e. The molecule has 0 saturated heterocycles. The number of nitrogens with zero attached hydrogens (tertiary/aromatic N) is 2. The fourth-order valence-electron chi connectivity index (χ4n) is 1.92. The number of ether oxygens (including phenoxy) is 1. The van der Waals surface area contributed by atoms with Crippen molar-refractivity contribution < 1.29 is 14.3 Å². The molecule has 0 unspecified atom stereocenters. The standard InChI is InChI=1S/C15H17N3O3/c1-2-21-15(20)13-8-17-18(10-13)9-12-5-3-11(4-6-12)7-14(16)19/h3-6,8,10H,2,7,9H2,1H3,(H2,16,19). The maximum Gasteiger partial charge on any atom is 0.341 e. The largest absolute Gasteiger partial charge is 0.462 e. The van der Waals surface area contributed by atoms with Crippen molar-refractivity contribution in [3.05, 3.63) is 53.3 Å². The number of carbonyl (C=O) groups is 2. The molecule has 0 atom stereocenters. The van der Waals surface area contributed by atoms with Gasteiger partial charge in [0.25, 0.3) is 0 Å². The van der Waals surface area contributed by atoms with Crippen LogP contribution in [0.5, 0.6) is 0 Å². The second-order valence-corrected chi connectivity index (χ2v) is 4.61. The highest BCUT2D eigenvalue weighted by atomic mass is 16.5. The van der Waals surface area contributed by atoms with Gasteiger partial charge in [-0.1, -0.05) is 24.3 Å². The van der Waals surface area contributed by atoms with Crippen LogP contribution in [0, 0.1) is 0 Å². The van der Waals surface area contributed by atoms with Crippen molar-refractivity contribution in [1.29, 1.82) is 0 Å². The van der Waals surface area contributed by atoms with E-state index in [0.717, 1.165) is 11.1 Å². The van der Waals surface area contributed by atoms with E-state index in [0.29, 0.717) is 18.7 Å². The molecule has 6 heteroatoms. The summed E-state index contributed by atoms with van der Waals surface area (Å²) in [5.41, 5.74) is 7.47. The summed E-state index contributed by atoms with van der Waals surface area (Å²) < 4.78 is 6.57. The molecule has 0 saturated carbocycles. The highest BCUT2D eigenvalue weighted by molar-refractivity contribution is 5.88. The summed E-state index contributed by atoms with van der Waals surface area (Å²) >= 11 is 0. The maximum absolute atomic E-state index is 11.5. The van der Waals surface area contributed by atoms with E-state index in [2.05, 4.69) is 5.10 Å². The first-order valence-electron chi connectivity index (χ1n) is 6.64. The van der Waals surface area contributed by atoms with Gasteiger partial charge in [0, 0.05) is 6.20 Å². The molecule has 1 aromatic heterocycles. The molecule has 110 valence electrons. The summed E-state index contributed by atoms with van der Waals surface area (Å²) in [7, 11) is 0. The molecular weight excluding hydrogens is 270 g/mol. The van der Waals surface area contributed by atoms with Crippen molar-refractivity contribution in [2.24, 2.45) is 5.73 Å². The minimum absolute atomic E-state index is 0.231. The molecule has 0 spiro atoms. The Morgan fingerprint density at radius 3 is 2.52 bits per heavy atom. The van der Waals surface area contributed by atoms with Crippen LogP contribution in [0.2, 0.25) is 0 Å².